The molecule has 0 saturated carbocycles. The molecule has 0 aliphatic carbocycles. The zero-order chi connectivity index (χ0) is 30.3. The van der Waals surface area contributed by atoms with Crippen molar-refractivity contribution in [2.75, 3.05) is 22.9 Å². The summed E-state index contributed by atoms with van der Waals surface area (Å²) in [6.45, 7) is 7.40. The van der Waals surface area contributed by atoms with Crippen molar-refractivity contribution in [3.05, 3.63) is 131 Å². The average molecular weight is 588 g/mol. The Morgan fingerprint density at radius 3 is 2.09 bits per heavy atom. The van der Waals surface area contributed by atoms with Gasteiger partial charge in [-0.1, -0.05) is 17.3 Å². The molecule has 6 aromatic rings. The normalized spacial score (nSPS) is 11.0. The number of hydrogen-bond acceptors (Lipinski definition) is 9. The van der Waals surface area contributed by atoms with E-state index in [2.05, 4.69) is 43.9 Å². The van der Waals surface area contributed by atoms with Gasteiger partial charge in [-0.15, -0.1) is 5.10 Å². The molecule has 0 N–H and O–H groups in total. The second-order valence-corrected chi connectivity index (χ2v) is 10.2. The first kappa shape index (κ1) is 28.6. The van der Waals surface area contributed by atoms with Gasteiger partial charge in [0, 0.05) is 48.3 Å². The molecule has 222 valence electrons. The van der Waals surface area contributed by atoms with Crippen LogP contribution in [0.25, 0.3) is 16.7 Å². The zero-order valence-corrected chi connectivity index (χ0v) is 24.7. The minimum absolute atomic E-state index is 0.192. The smallest absolute Gasteiger partial charge is 0.362 e. The molecule has 0 radical (unpaired) electrons. The van der Waals surface area contributed by atoms with Gasteiger partial charge in [-0.3, -0.25) is 9.97 Å². The van der Waals surface area contributed by atoms with E-state index < -0.39 is 5.63 Å². The van der Waals surface area contributed by atoms with E-state index in [4.69, 9.17) is 9.15 Å². The van der Waals surface area contributed by atoms with Crippen LogP contribution >= 0.6 is 0 Å². The Labute approximate surface area is 255 Å². The van der Waals surface area contributed by atoms with E-state index in [1.54, 1.807) is 24.7 Å². The van der Waals surface area contributed by atoms with E-state index in [1.807, 2.05) is 78.9 Å². The molecule has 0 aliphatic rings. The van der Waals surface area contributed by atoms with Gasteiger partial charge in [0.25, 0.3) is 0 Å². The second kappa shape index (κ2) is 13.2. The Bertz CT molecular complexity index is 1830. The van der Waals surface area contributed by atoms with Crippen LogP contribution in [0.1, 0.15) is 30.9 Å². The highest BCUT2D eigenvalue weighted by molar-refractivity contribution is 5.82. The molecule has 44 heavy (non-hydrogen) atoms. The van der Waals surface area contributed by atoms with Crippen molar-refractivity contribution in [1.29, 1.82) is 0 Å². The van der Waals surface area contributed by atoms with E-state index in [9.17, 15) is 4.79 Å². The average Bonchev–Trinajstić information content (AvgIpc) is 3.54. The number of hydrogen-bond donors (Lipinski definition) is 0. The van der Waals surface area contributed by atoms with Crippen LogP contribution in [0.5, 0.6) is 5.75 Å². The van der Waals surface area contributed by atoms with Gasteiger partial charge in [0.05, 0.1) is 30.7 Å². The van der Waals surface area contributed by atoms with E-state index in [-0.39, 0.29) is 12.3 Å². The molecule has 0 unspecified atom stereocenters. The molecular weight excluding hydrogens is 554 g/mol. The van der Waals surface area contributed by atoms with Gasteiger partial charge >= 0.3 is 5.63 Å². The van der Waals surface area contributed by atoms with Gasteiger partial charge in [-0.2, -0.15) is 0 Å². The molecule has 0 atom stereocenters. The van der Waals surface area contributed by atoms with E-state index in [0.29, 0.717) is 30.1 Å². The lowest BCUT2D eigenvalue weighted by Crippen LogP contribution is -2.23. The molecule has 4 heterocycles. The van der Waals surface area contributed by atoms with Crippen molar-refractivity contribution >= 4 is 22.3 Å². The van der Waals surface area contributed by atoms with Gasteiger partial charge < -0.3 is 19.0 Å². The second-order valence-electron chi connectivity index (χ2n) is 10.2. The summed E-state index contributed by atoms with van der Waals surface area (Å²) in [5, 5.41) is 9.17. The molecule has 0 saturated heterocycles. The maximum atomic E-state index is 12.8. The van der Waals surface area contributed by atoms with Crippen molar-refractivity contribution in [2.45, 2.75) is 33.5 Å². The summed E-state index contributed by atoms with van der Waals surface area (Å²) < 4.78 is 13.1. The number of fused-ring (bicyclic) bond motifs is 1. The van der Waals surface area contributed by atoms with Crippen LogP contribution in [0.15, 0.2) is 113 Å². The fourth-order valence-corrected chi connectivity index (χ4v) is 5.04. The van der Waals surface area contributed by atoms with Gasteiger partial charge in [0.15, 0.2) is 5.69 Å². The predicted molar refractivity (Wildman–Crippen MR) is 170 cm³/mol. The lowest BCUT2D eigenvalue weighted by Gasteiger charge is -2.24. The Morgan fingerprint density at radius 1 is 0.773 bits per heavy atom. The maximum absolute atomic E-state index is 12.8. The summed E-state index contributed by atoms with van der Waals surface area (Å²) in [6, 6.07) is 27.4. The number of aromatic nitrogens is 5. The lowest BCUT2D eigenvalue weighted by atomic mass is 10.2. The molecule has 4 aromatic heterocycles. The first-order valence-corrected chi connectivity index (χ1v) is 14.6. The molecule has 0 aliphatic heterocycles. The van der Waals surface area contributed by atoms with Crippen LogP contribution in [0.3, 0.4) is 0 Å². The molecule has 10 nitrogen and oxygen atoms in total. The van der Waals surface area contributed by atoms with Crippen molar-refractivity contribution in [1.82, 2.24) is 25.0 Å². The maximum Gasteiger partial charge on any atom is 0.362 e. The third kappa shape index (κ3) is 6.59. The van der Waals surface area contributed by atoms with Crippen LogP contribution in [-0.2, 0) is 19.7 Å². The number of rotatable bonds is 12. The van der Waals surface area contributed by atoms with Gasteiger partial charge in [0.2, 0.25) is 0 Å². The van der Waals surface area contributed by atoms with Gasteiger partial charge in [0.1, 0.15) is 23.6 Å². The third-order valence-electron chi connectivity index (χ3n) is 7.36. The summed E-state index contributed by atoms with van der Waals surface area (Å²) in [6.07, 6.45) is 5.28. The molecule has 0 amide bonds. The van der Waals surface area contributed by atoms with Crippen molar-refractivity contribution in [3.8, 4) is 11.4 Å². The fraction of sp³-hybridized carbons (Fsp3) is 0.206. The Balaban J connectivity index is 1.14. The highest BCUT2D eigenvalue weighted by Crippen LogP contribution is 2.24. The molecular formula is C34H33N7O3. The fourth-order valence-electron chi connectivity index (χ4n) is 5.04. The van der Waals surface area contributed by atoms with Crippen molar-refractivity contribution < 1.29 is 9.15 Å². The highest BCUT2D eigenvalue weighted by Gasteiger charge is 2.14. The summed E-state index contributed by atoms with van der Waals surface area (Å²) in [7, 11) is 0. The number of pyridine rings is 2. The number of benzene rings is 2. The van der Waals surface area contributed by atoms with Crippen LogP contribution < -0.4 is 20.2 Å². The van der Waals surface area contributed by atoms with Crippen molar-refractivity contribution in [2.24, 2.45) is 0 Å². The molecule has 2 aromatic carbocycles. The SMILES string of the molecule is CCN(CC)c1ccc2cc(-n3cc(COc4ccc(N(Cc5ccccn5)Cc5ccccn5)cc4)nn3)c(=O)oc2c1. The predicted octanol–water partition coefficient (Wildman–Crippen LogP) is 5.80. The summed E-state index contributed by atoms with van der Waals surface area (Å²) >= 11 is 0. The van der Waals surface area contributed by atoms with E-state index in [0.717, 1.165) is 41.2 Å². The first-order chi connectivity index (χ1) is 21.6. The molecule has 0 fully saturated rings. The number of anilines is 2. The first-order valence-electron chi connectivity index (χ1n) is 14.6. The van der Waals surface area contributed by atoms with Gasteiger partial charge in [-0.05, 0) is 80.6 Å². The van der Waals surface area contributed by atoms with Crippen LogP contribution in [0.4, 0.5) is 11.4 Å². The molecule has 0 bridgehead atoms. The van der Waals surface area contributed by atoms with Gasteiger partial charge in [-0.25, -0.2) is 9.48 Å². The van der Waals surface area contributed by atoms with Crippen LogP contribution in [0, 0.1) is 0 Å². The number of nitrogens with zero attached hydrogens (tertiary/aromatic N) is 7. The minimum Gasteiger partial charge on any atom is -0.487 e. The van der Waals surface area contributed by atoms with Crippen LogP contribution in [-0.4, -0.2) is 38.1 Å². The summed E-state index contributed by atoms with van der Waals surface area (Å²) in [5.41, 5.74) is 4.90. The minimum atomic E-state index is -0.483. The number of ether oxygens (including phenoxy) is 1. The van der Waals surface area contributed by atoms with E-state index in [1.165, 1.54) is 4.68 Å². The Hall–Kier alpha value is -5.51. The van der Waals surface area contributed by atoms with E-state index >= 15 is 0 Å². The quantitative estimate of drug-likeness (QED) is 0.165. The monoisotopic (exact) mass is 587 g/mol. The highest BCUT2D eigenvalue weighted by atomic mass is 16.5. The Kier molecular flexibility index (Phi) is 8.58. The molecule has 6 rings (SSSR count). The standard InChI is InChI=1S/C34H33N7O3/c1-3-39(4-2)30-12-11-25-19-32(34(42)44-33(25)20-30)41-23-28(37-38-41)24-43-31-15-13-29(14-16-31)40(21-26-9-5-7-17-35-26)22-27-10-6-8-18-36-27/h5-20,23H,3-4,21-22,24H2,1-2H3. The van der Waals surface area contributed by atoms with Crippen LogP contribution in [0.2, 0.25) is 0 Å². The van der Waals surface area contributed by atoms with Crippen molar-refractivity contribution in [3.63, 3.8) is 0 Å². The largest absolute Gasteiger partial charge is 0.487 e. The summed E-state index contributed by atoms with van der Waals surface area (Å²) in [4.78, 5) is 26.3. The zero-order valence-electron chi connectivity index (χ0n) is 24.7. The summed E-state index contributed by atoms with van der Waals surface area (Å²) in [5.74, 6) is 0.688. The third-order valence-corrected chi connectivity index (χ3v) is 7.36. The molecule has 0 spiro atoms. The Morgan fingerprint density at radius 2 is 1.45 bits per heavy atom. The topological polar surface area (TPSA) is 102 Å². The molecule has 10 heteroatoms. The lowest BCUT2D eigenvalue weighted by molar-refractivity contribution is 0.301.